The number of hydrogen-bond donors (Lipinski definition) is 1. The Balaban J connectivity index is 2.12. The van der Waals surface area contributed by atoms with E-state index >= 15 is 0 Å². The molecule has 27 heavy (non-hydrogen) atoms. The standard InChI is InChI=1S/C20H26N2O4S/c1-5-26-19(25)20(9-10-27-4)15-14(17(23)22(3)18(15)24)16(21-20)13-8-6-7-12(2)11-13/h6-8,11,14-16,21H,5,9-10H2,1-4H3/t14-,15+,16+,20+/m0/s1. The summed E-state index contributed by atoms with van der Waals surface area (Å²) in [6.07, 6.45) is 2.39. The van der Waals surface area contributed by atoms with E-state index in [1.807, 2.05) is 37.4 Å². The molecule has 4 atom stereocenters. The van der Waals surface area contributed by atoms with Crippen LogP contribution < -0.4 is 5.32 Å². The third-order valence-corrected chi connectivity index (χ3v) is 6.23. The average molecular weight is 391 g/mol. The number of amides is 2. The molecule has 146 valence electrons. The molecule has 7 heteroatoms. The Morgan fingerprint density at radius 1 is 1.33 bits per heavy atom. The molecule has 2 aliphatic heterocycles. The summed E-state index contributed by atoms with van der Waals surface area (Å²) in [5.41, 5.74) is 0.792. The molecule has 1 N–H and O–H groups in total. The number of carbonyl (C=O) groups excluding carboxylic acids is 3. The van der Waals surface area contributed by atoms with Crippen molar-refractivity contribution in [1.82, 2.24) is 10.2 Å². The van der Waals surface area contributed by atoms with Gasteiger partial charge in [-0.1, -0.05) is 29.8 Å². The van der Waals surface area contributed by atoms with E-state index in [-0.39, 0.29) is 18.4 Å². The van der Waals surface area contributed by atoms with E-state index in [1.165, 1.54) is 11.9 Å². The van der Waals surface area contributed by atoms with Crippen molar-refractivity contribution in [2.75, 3.05) is 25.7 Å². The van der Waals surface area contributed by atoms with Crippen LogP contribution in [0.25, 0.3) is 0 Å². The molecule has 0 bridgehead atoms. The molecule has 0 spiro atoms. The van der Waals surface area contributed by atoms with Crippen LogP contribution in [-0.2, 0) is 19.1 Å². The maximum atomic E-state index is 13.0. The summed E-state index contributed by atoms with van der Waals surface area (Å²) in [7, 11) is 1.50. The number of nitrogens with one attached hydrogen (secondary N) is 1. The van der Waals surface area contributed by atoms with Crippen LogP contribution in [0.15, 0.2) is 24.3 Å². The Bertz CT molecular complexity index is 768. The van der Waals surface area contributed by atoms with Gasteiger partial charge in [-0.2, -0.15) is 11.8 Å². The van der Waals surface area contributed by atoms with Crippen LogP contribution in [-0.4, -0.2) is 53.9 Å². The maximum Gasteiger partial charge on any atom is 0.327 e. The molecule has 3 rings (SSSR count). The molecule has 2 amide bonds. The molecular weight excluding hydrogens is 364 g/mol. The Hall–Kier alpha value is -1.86. The number of nitrogens with zero attached hydrogens (tertiary/aromatic N) is 1. The van der Waals surface area contributed by atoms with Gasteiger partial charge in [0.2, 0.25) is 11.8 Å². The van der Waals surface area contributed by atoms with Gasteiger partial charge in [-0.3, -0.25) is 24.6 Å². The van der Waals surface area contributed by atoms with Crippen LogP contribution in [0.1, 0.15) is 30.5 Å². The van der Waals surface area contributed by atoms with E-state index < -0.39 is 29.4 Å². The van der Waals surface area contributed by atoms with Gasteiger partial charge in [-0.25, -0.2) is 0 Å². The zero-order chi connectivity index (χ0) is 19.8. The van der Waals surface area contributed by atoms with Gasteiger partial charge in [0.1, 0.15) is 5.54 Å². The van der Waals surface area contributed by atoms with Crippen LogP contribution in [0.3, 0.4) is 0 Å². The van der Waals surface area contributed by atoms with Gasteiger partial charge in [-0.05, 0) is 37.8 Å². The second kappa shape index (κ2) is 7.64. The summed E-state index contributed by atoms with van der Waals surface area (Å²) in [6.45, 7) is 3.96. The molecule has 0 unspecified atom stereocenters. The lowest BCUT2D eigenvalue weighted by Crippen LogP contribution is -2.56. The Morgan fingerprint density at radius 3 is 2.70 bits per heavy atom. The second-order valence-corrected chi connectivity index (χ2v) is 8.20. The summed E-state index contributed by atoms with van der Waals surface area (Å²) < 4.78 is 5.37. The summed E-state index contributed by atoms with van der Waals surface area (Å²) in [4.78, 5) is 40.1. The zero-order valence-electron chi connectivity index (χ0n) is 16.2. The number of thioether (sulfide) groups is 1. The maximum absolute atomic E-state index is 13.0. The number of rotatable bonds is 6. The third-order valence-electron chi connectivity index (χ3n) is 5.62. The first-order valence-corrected chi connectivity index (χ1v) is 10.6. The number of ether oxygens (including phenoxy) is 1. The number of benzene rings is 1. The van der Waals surface area contributed by atoms with Gasteiger partial charge in [0.15, 0.2) is 0 Å². The predicted octanol–water partition coefficient (Wildman–Crippen LogP) is 1.93. The van der Waals surface area contributed by atoms with Crippen molar-refractivity contribution >= 4 is 29.5 Å². The molecule has 0 radical (unpaired) electrons. The van der Waals surface area contributed by atoms with Crippen LogP contribution in [0.4, 0.5) is 0 Å². The van der Waals surface area contributed by atoms with Gasteiger partial charge in [-0.15, -0.1) is 0 Å². The average Bonchev–Trinajstić information content (AvgIpc) is 3.11. The van der Waals surface area contributed by atoms with E-state index in [1.54, 1.807) is 18.7 Å². The summed E-state index contributed by atoms with van der Waals surface area (Å²) >= 11 is 1.60. The molecule has 0 aliphatic carbocycles. The molecule has 6 nitrogen and oxygen atoms in total. The number of esters is 1. The number of imide groups is 1. The van der Waals surface area contributed by atoms with E-state index in [0.29, 0.717) is 12.2 Å². The molecule has 2 fully saturated rings. The minimum absolute atomic E-state index is 0.228. The first kappa shape index (κ1) is 19.9. The Kier molecular flexibility index (Phi) is 5.63. The second-order valence-electron chi connectivity index (χ2n) is 7.21. The fourth-order valence-electron chi connectivity index (χ4n) is 4.34. The number of fused-ring (bicyclic) bond motifs is 1. The van der Waals surface area contributed by atoms with Crippen LogP contribution in [0, 0.1) is 18.8 Å². The largest absolute Gasteiger partial charge is 0.465 e. The van der Waals surface area contributed by atoms with Gasteiger partial charge in [0.05, 0.1) is 18.4 Å². The smallest absolute Gasteiger partial charge is 0.327 e. The lowest BCUT2D eigenvalue weighted by Gasteiger charge is -2.32. The zero-order valence-corrected chi connectivity index (χ0v) is 17.0. The van der Waals surface area contributed by atoms with E-state index in [4.69, 9.17) is 4.74 Å². The Labute approximate surface area is 164 Å². The fourth-order valence-corrected chi connectivity index (χ4v) is 4.87. The summed E-state index contributed by atoms with van der Waals surface area (Å²) in [6, 6.07) is 7.45. The predicted molar refractivity (Wildman–Crippen MR) is 104 cm³/mol. The van der Waals surface area contributed by atoms with E-state index in [9.17, 15) is 14.4 Å². The molecule has 0 saturated carbocycles. The monoisotopic (exact) mass is 390 g/mol. The van der Waals surface area contributed by atoms with Gasteiger partial charge < -0.3 is 4.74 Å². The minimum atomic E-state index is -1.18. The molecule has 1 aromatic rings. The molecule has 2 heterocycles. The normalized spacial score (nSPS) is 29.9. The van der Waals surface area contributed by atoms with Crippen molar-refractivity contribution < 1.29 is 19.1 Å². The van der Waals surface area contributed by atoms with E-state index in [2.05, 4.69) is 5.32 Å². The highest BCUT2D eigenvalue weighted by molar-refractivity contribution is 7.98. The molecule has 2 aliphatic rings. The fraction of sp³-hybridized carbons (Fsp3) is 0.550. The van der Waals surface area contributed by atoms with Crippen molar-refractivity contribution in [3.05, 3.63) is 35.4 Å². The topological polar surface area (TPSA) is 75.7 Å². The van der Waals surface area contributed by atoms with Crippen molar-refractivity contribution in [3.63, 3.8) is 0 Å². The molecule has 1 aromatic carbocycles. The van der Waals surface area contributed by atoms with Gasteiger partial charge >= 0.3 is 5.97 Å². The Morgan fingerprint density at radius 2 is 2.07 bits per heavy atom. The van der Waals surface area contributed by atoms with Crippen molar-refractivity contribution in [2.45, 2.75) is 31.8 Å². The van der Waals surface area contributed by atoms with Gasteiger partial charge in [0.25, 0.3) is 0 Å². The third kappa shape index (κ3) is 3.17. The highest BCUT2D eigenvalue weighted by Crippen LogP contribution is 2.50. The van der Waals surface area contributed by atoms with Gasteiger partial charge in [0, 0.05) is 13.1 Å². The molecule has 0 aromatic heterocycles. The van der Waals surface area contributed by atoms with Crippen LogP contribution in [0.5, 0.6) is 0 Å². The lowest BCUT2D eigenvalue weighted by atomic mass is 9.77. The summed E-state index contributed by atoms with van der Waals surface area (Å²) in [5, 5.41) is 3.39. The minimum Gasteiger partial charge on any atom is -0.465 e. The van der Waals surface area contributed by atoms with Crippen LogP contribution in [0.2, 0.25) is 0 Å². The lowest BCUT2D eigenvalue weighted by molar-refractivity contribution is -0.156. The molecular formula is C20H26N2O4S. The SMILES string of the molecule is CCOC(=O)[C@]1(CCSC)N[C@H](c2cccc(C)c2)[C@H]2C(=O)N(C)C(=O)[C@@H]21. The number of aryl methyl sites for hydroxylation is 1. The highest BCUT2D eigenvalue weighted by atomic mass is 32.2. The summed E-state index contributed by atoms with van der Waals surface area (Å²) in [5.74, 6) is -1.65. The number of carbonyl (C=O) groups is 3. The quantitative estimate of drug-likeness (QED) is 0.591. The first-order chi connectivity index (χ1) is 12.9. The molecule has 2 saturated heterocycles. The highest BCUT2D eigenvalue weighted by Gasteiger charge is 2.67. The van der Waals surface area contributed by atoms with E-state index in [0.717, 1.165) is 11.1 Å². The van der Waals surface area contributed by atoms with Crippen molar-refractivity contribution in [2.24, 2.45) is 11.8 Å². The van der Waals surface area contributed by atoms with Crippen molar-refractivity contribution in [3.8, 4) is 0 Å². The first-order valence-electron chi connectivity index (χ1n) is 9.19. The number of likely N-dealkylation sites (tertiary alicyclic amines) is 1. The van der Waals surface area contributed by atoms with Crippen LogP contribution >= 0.6 is 11.8 Å². The number of hydrogen-bond acceptors (Lipinski definition) is 6. The van der Waals surface area contributed by atoms with Crippen molar-refractivity contribution in [1.29, 1.82) is 0 Å².